The first-order valence-corrected chi connectivity index (χ1v) is 27.0. The van der Waals surface area contributed by atoms with Gasteiger partial charge in [0.15, 0.2) is 6.10 Å². The Morgan fingerprint density at radius 1 is 0.515 bits per heavy atom. The van der Waals surface area contributed by atoms with Crippen LogP contribution in [0.15, 0.2) is 60.8 Å². The summed E-state index contributed by atoms with van der Waals surface area (Å²) in [6.07, 6.45) is 27.6. The minimum Gasteiger partial charge on any atom is -0.462 e. The van der Waals surface area contributed by atoms with Gasteiger partial charge in [0.25, 0.3) is 0 Å². The topological polar surface area (TPSA) is 276 Å². The van der Waals surface area contributed by atoms with Gasteiger partial charge in [0, 0.05) is 19.4 Å². The second-order valence-corrected chi connectivity index (χ2v) is 19.1. The van der Waals surface area contributed by atoms with Gasteiger partial charge in [-0.1, -0.05) is 125 Å². The molecule has 8 atom stereocenters. The Hall–Kier alpha value is -2.34. The number of carbonyl (C=O) groups excluding carboxylic acids is 2. The third kappa shape index (κ3) is 32.4. The Kier molecular flexibility index (Phi) is 36.0. The average Bonchev–Trinajstić information content (AvgIpc) is 3.27. The van der Waals surface area contributed by atoms with Crippen LogP contribution in [-0.2, 0) is 41.8 Å². The van der Waals surface area contributed by atoms with Crippen molar-refractivity contribution < 1.29 is 82.0 Å². The first-order valence-electron chi connectivity index (χ1n) is 23.9. The zero-order chi connectivity index (χ0) is 48.9. The summed E-state index contributed by atoms with van der Waals surface area (Å²) in [5.74, 6) is -1.29. The molecule has 0 spiro atoms. The molecule has 1 fully saturated rings. The van der Waals surface area contributed by atoms with Crippen molar-refractivity contribution in [2.75, 3.05) is 19.8 Å². The molecule has 19 heteroatoms. The van der Waals surface area contributed by atoms with Gasteiger partial charge in [0.2, 0.25) is 0 Å². The van der Waals surface area contributed by atoms with Crippen LogP contribution in [0.2, 0.25) is 0 Å². The lowest BCUT2D eigenvalue weighted by atomic mass is 9.85. The first kappa shape index (κ1) is 61.7. The van der Waals surface area contributed by atoms with E-state index in [1.165, 1.54) is 25.7 Å². The van der Waals surface area contributed by atoms with Crippen LogP contribution in [-0.4, -0.2) is 115 Å². The highest BCUT2D eigenvalue weighted by atomic mass is 31.2. The van der Waals surface area contributed by atoms with Gasteiger partial charge in [-0.05, 0) is 83.5 Å². The molecule has 8 N–H and O–H groups in total. The van der Waals surface area contributed by atoms with E-state index in [2.05, 4.69) is 60.1 Å². The number of aliphatic hydroxyl groups excluding tert-OH is 5. The number of rotatable bonds is 40. The van der Waals surface area contributed by atoms with Crippen molar-refractivity contribution in [1.82, 2.24) is 0 Å². The summed E-state index contributed by atoms with van der Waals surface area (Å²) < 4.78 is 49.3. The summed E-state index contributed by atoms with van der Waals surface area (Å²) in [5.41, 5.74) is 0. The van der Waals surface area contributed by atoms with E-state index in [4.69, 9.17) is 23.6 Å². The fourth-order valence-electron chi connectivity index (χ4n) is 6.87. The van der Waals surface area contributed by atoms with Crippen LogP contribution in [0, 0.1) is 0 Å². The fraction of sp³-hybridized carbons (Fsp3) is 0.745. The van der Waals surface area contributed by atoms with Crippen molar-refractivity contribution in [3.05, 3.63) is 60.8 Å². The lowest BCUT2D eigenvalue weighted by Crippen LogP contribution is -2.64. The Labute approximate surface area is 392 Å². The summed E-state index contributed by atoms with van der Waals surface area (Å²) >= 11 is 0. The number of hydrogen-bond donors (Lipinski definition) is 8. The summed E-state index contributed by atoms with van der Waals surface area (Å²) in [5, 5.41) is 50.0. The van der Waals surface area contributed by atoms with Crippen LogP contribution in [0.5, 0.6) is 0 Å². The Morgan fingerprint density at radius 3 is 1.48 bits per heavy atom. The Bertz CT molecular complexity index is 1510. The zero-order valence-electron chi connectivity index (χ0n) is 39.1. The lowest BCUT2D eigenvalue weighted by molar-refractivity contribution is -0.216. The van der Waals surface area contributed by atoms with Gasteiger partial charge in [-0.2, -0.15) is 0 Å². The van der Waals surface area contributed by atoms with Crippen LogP contribution < -0.4 is 0 Å². The van der Waals surface area contributed by atoms with E-state index in [0.29, 0.717) is 19.3 Å². The van der Waals surface area contributed by atoms with Crippen LogP contribution in [0.3, 0.4) is 0 Å². The van der Waals surface area contributed by atoms with Crippen molar-refractivity contribution in [1.29, 1.82) is 0 Å². The van der Waals surface area contributed by atoms with Crippen LogP contribution in [0.1, 0.15) is 161 Å². The molecular formula is C47H82O17P2. The maximum absolute atomic E-state index is 13.0. The summed E-state index contributed by atoms with van der Waals surface area (Å²) in [6, 6.07) is 0. The molecule has 1 aliphatic rings. The number of phosphoric ester groups is 2. The van der Waals surface area contributed by atoms with Gasteiger partial charge >= 0.3 is 27.6 Å². The second-order valence-electron chi connectivity index (χ2n) is 16.5. The van der Waals surface area contributed by atoms with Crippen molar-refractivity contribution in [3.8, 4) is 0 Å². The predicted molar refractivity (Wildman–Crippen MR) is 252 cm³/mol. The van der Waals surface area contributed by atoms with Crippen molar-refractivity contribution >= 4 is 27.6 Å². The van der Waals surface area contributed by atoms with Crippen molar-refractivity contribution in [2.45, 2.75) is 204 Å². The van der Waals surface area contributed by atoms with Gasteiger partial charge in [0.05, 0.1) is 6.61 Å². The SMILES string of the molecule is CCCCCC/C=C\CCCCCCCCCC(=O)O[C@H](COC(=O)CCC/C=C\C/C=C\C/C=C\C/C=C\CCCCCO)COP(=O)(O)O[C@H]1C(O)C(O)C(O)[C@@H](OP(=O)(O)O)C1O. The van der Waals surface area contributed by atoms with E-state index < -0.39 is 83.5 Å². The van der Waals surface area contributed by atoms with Crippen molar-refractivity contribution in [2.24, 2.45) is 0 Å². The molecule has 0 saturated heterocycles. The monoisotopic (exact) mass is 981 g/mol. The van der Waals surface area contributed by atoms with Crippen LogP contribution >= 0.6 is 15.6 Å². The highest BCUT2D eigenvalue weighted by Crippen LogP contribution is 2.49. The largest absolute Gasteiger partial charge is 0.472 e. The molecule has 1 saturated carbocycles. The predicted octanol–water partition coefficient (Wildman–Crippen LogP) is 8.03. The first-order chi connectivity index (χ1) is 31.6. The number of carbonyl (C=O) groups is 2. The summed E-state index contributed by atoms with van der Waals surface area (Å²) in [7, 11) is -10.7. The van der Waals surface area contributed by atoms with Crippen LogP contribution in [0.4, 0.5) is 0 Å². The lowest BCUT2D eigenvalue weighted by Gasteiger charge is -2.43. The van der Waals surface area contributed by atoms with Gasteiger partial charge < -0.3 is 49.7 Å². The molecule has 0 aromatic carbocycles. The molecular weight excluding hydrogens is 898 g/mol. The summed E-state index contributed by atoms with van der Waals surface area (Å²) in [4.78, 5) is 54.3. The number of hydrogen-bond acceptors (Lipinski definition) is 14. The number of ether oxygens (including phenoxy) is 2. The number of allylic oxidation sites excluding steroid dienone is 10. The third-order valence-corrected chi connectivity index (χ3v) is 12.1. The maximum atomic E-state index is 13.0. The molecule has 0 bridgehead atoms. The third-order valence-electron chi connectivity index (χ3n) is 10.6. The molecule has 0 aromatic rings. The van der Waals surface area contributed by atoms with Gasteiger partial charge in [0.1, 0.15) is 43.2 Å². The number of unbranched alkanes of at least 4 members (excludes halogenated alkanes) is 15. The average molecular weight is 981 g/mol. The van der Waals surface area contributed by atoms with E-state index in [0.717, 1.165) is 96.3 Å². The molecule has 1 aliphatic carbocycles. The quantitative estimate of drug-likeness (QED) is 0.0125. The maximum Gasteiger partial charge on any atom is 0.472 e. The van der Waals surface area contributed by atoms with Gasteiger partial charge in [-0.15, -0.1) is 0 Å². The molecule has 0 heterocycles. The number of aliphatic hydroxyl groups is 5. The van der Waals surface area contributed by atoms with E-state index in [1.54, 1.807) is 0 Å². The molecule has 1 rings (SSSR count). The highest BCUT2D eigenvalue weighted by Gasteiger charge is 2.54. The van der Waals surface area contributed by atoms with E-state index in [9.17, 15) is 53.8 Å². The minimum absolute atomic E-state index is 0.0199. The molecule has 0 aromatic heterocycles. The molecule has 0 aliphatic heterocycles. The molecule has 0 radical (unpaired) electrons. The Morgan fingerprint density at radius 2 is 0.955 bits per heavy atom. The van der Waals surface area contributed by atoms with Gasteiger partial charge in [-0.25, -0.2) is 9.13 Å². The van der Waals surface area contributed by atoms with E-state index >= 15 is 0 Å². The normalized spacial score (nSPS) is 22.0. The van der Waals surface area contributed by atoms with E-state index in [1.807, 2.05) is 12.2 Å². The van der Waals surface area contributed by atoms with Crippen LogP contribution in [0.25, 0.3) is 0 Å². The number of esters is 2. The summed E-state index contributed by atoms with van der Waals surface area (Å²) in [6.45, 7) is 1.05. The molecule has 66 heavy (non-hydrogen) atoms. The zero-order valence-corrected chi connectivity index (χ0v) is 40.8. The minimum atomic E-state index is -5.37. The molecule has 17 nitrogen and oxygen atoms in total. The second kappa shape index (κ2) is 38.5. The smallest absolute Gasteiger partial charge is 0.462 e. The molecule has 5 unspecified atom stereocenters. The van der Waals surface area contributed by atoms with Gasteiger partial charge in [-0.3, -0.25) is 23.2 Å². The van der Waals surface area contributed by atoms with E-state index in [-0.39, 0.29) is 19.4 Å². The van der Waals surface area contributed by atoms with Crippen molar-refractivity contribution in [3.63, 3.8) is 0 Å². The Balaban J connectivity index is 2.62. The number of phosphoric acid groups is 2. The molecule has 382 valence electrons. The fourth-order valence-corrected chi connectivity index (χ4v) is 8.41. The molecule has 0 amide bonds. The highest BCUT2D eigenvalue weighted by molar-refractivity contribution is 7.47. The standard InChI is InChI=1S/C47H82O17P2/c1-2-3-4-5-6-7-8-9-13-17-20-23-26-29-32-35-41(50)62-39(38-61-66(58,59)64-47-44(53)42(51)43(52)46(45(47)54)63-65(55,56)57)37-60-40(49)34-31-28-25-22-19-16-14-11-10-12-15-18-21-24-27-30-33-36-48/h7-8,10,12,14,16,18,21-22,25,39,42-48,51-54H,2-6,9,11,13,15,17,19-20,23-24,26-38H2,1H3,(H,58,59)(H2,55,56,57)/b8-7-,12-10-,16-14-,21-18-,25-22-/t39-,42?,43?,44?,45?,46-,47+/m1/s1.